The van der Waals surface area contributed by atoms with Crippen LogP contribution in [0.5, 0.6) is 0 Å². The summed E-state index contributed by atoms with van der Waals surface area (Å²) in [6, 6.07) is -2.16. The van der Waals surface area contributed by atoms with Crippen LogP contribution < -0.4 is 11.1 Å². The van der Waals surface area contributed by atoms with E-state index in [-0.39, 0.29) is 28.6 Å². The average Bonchev–Trinajstić information content (AvgIpc) is 3.63. The van der Waals surface area contributed by atoms with Crippen molar-refractivity contribution >= 4 is 52.9 Å². The largest absolute Gasteiger partial charge is 0.511 e. The minimum atomic E-state index is -1.92. The number of rotatable bonds is 11. The van der Waals surface area contributed by atoms with Gasteiger partial charge in [-0.2, -0.15) is 0 Å². The van der Waals surface area contributed by atoms with Crippen LogP contribution in [0.25, 0.3) is 0 Å². The molecule has 5 aliphatic rings. The summed E-state index contributed by atoms with van der Waals surface area (Å²) in [6.45, 7) is 15.3. The number of hydrogen-bond acceptors (Lipinski definition) is 14. The van der Waals surface area contributed by atoms with Gasteiger partial charge in [-0.15, -0.1) is 0 Å². The number of hydrogen-bond donors (Lipinski definition) is 6. The number of aliphatic hydroxyl groups is 3. The monoisotopic (exact) mass is 924 g/mol. The second-order valence-corrected chi connectivity index (χ2v) is 18.3. The van der Waals surface area contributed by atoms with Crippen LogP contribution in [-0.4, -0.2) is 135 Å². The van der Waals surface area contributed by atoms with Crippen molar-refractivity contribution in [1.82, 2.24) is 15.2 Å². The molecule has 4 fully saturated rings. The first-order chi connectivity index (χ1) is 29.5. The summed E-state index contributed by atoms with van der Waals surface area (Å²) in [7, 11) is 1.29. The van der Waals surface area contributed by atoms with E-state index in [4.69, 9.17) is 57.4 Å². The zero-order valence-corrected chi connectivity index (χ0v) is 38.0. The highest BCUT2D eigenvalue weighted by Crippen LogP contribution is 2.49. The molecule has 1 saturated carbocycles. The van der Waals surface area contributed by atoms with Crippen molar-refractivity contribution in [3.8, 4) is 0 Å². The number of Topliss-reactive ketones (excluding diaryl/α,β-unsaturated/α-hetero) is 1. The van der Waals surface area contributed by atoms with Gasteiger partial charge in [0.2, 0.25) is 0 Å². The van der Waals surface area contributed by atoms with Gasteiger partial charge in [0.05, 0.1) is 34.4 Å². The summed E-state index contributed by atoms with van der Waals surface area (Å²) in [4.78, 5) is 70.5. The van der Waals surface area contributed by atoms with Gasteiger partial charge in [-0.1, -0.05) is 61.4 Å². The van der Waals surface area contributed by atoms with Gasteiger partial charge in [-0.05, 0) is 58.8 Å². The van der Waals surface area contributed by atoms with E-state index in [0.29, 0.717) is 18.5 Å². The van der Waals surface area contributed by atoms with Gasteiger partial charge in [0.1, 0.15) is 40.9 Å². The van der Waals surface area contributed by atoms with Crippen LogP contribution in [0.15, 0.2) is 35.6 Å². The van der Waals surface area contributed by atoms with E-state index in [1.165, 1.54) is 18.9 Å². The third-order valence-electron chi connectivity index (χ3n) is 13.1. The Bertz CT molecular complexity index is 2060. The molecule has 348 valence electrons. The molecule has 3 saturated heterocycles. The molecule has 0 aromatic carbocycles. The van der Waals surface area contributed by atoms with Crippen molar-refractivity contribution in [2.45, 2.75) is 147 Å². The second kappa shape index (κ2) is 18.8. The molecule has 18 nitrogen and oxygen atoms in total. The van der Waals surface area contributed by atoms with Gasteiger partial charge in [-0.25, -0.2) is 4.79 Å². The Labute approximate surface area is 375 Å². The lowest BCUT2D eigenvalue weighted by molar-refractivity contribution is -0.296. The van der Waals surface area contributed by atoms with Crippen LogP contribution in [0.4, 0.5) is 4.79 Å². The van der Waals surface area contributed by atoms with Crippen LogP contribution in [0, 0.1) is 30.6 Å². The number of H-pyrrole nitrogens is 1. The number of primary amides is 1. The number of aliphatic hydroxyl groups excluding tert-OH is 2. The van der Waals surface area contributed by atoms with Crippen molar-refractivity contribution in [1.29, 1.82) is 0 Å². The van der Waals surface area contributed by atoms with E-state index in [2.05, 4.69) is 16.9 Å². The zero-order chi connectivity index (χ0) is 46.6. The number of halogens is 2. The zero-order valence-electron chi connectivity index (χ0n) is 36.5. The fraction of sp³-hybridized carbons (Fsp3) is 0.651. The number of likely N-dealkylation sites (tertiary alicyclic amines) is 1. The third kappa shape index (κ3) is 9.02. The highest BCUT2D eigenvalue weighted by molar-refractivity contribution is 6.44. The number of ether oxygens (including phenoxy) is 6. The molecule has 15 atom stereocenters. The normalized spacial score (nSPS) is 37.1. The summed E-state index contributed by atoms with van der Waals surface area (Å²) in [6.07, 6.45) is -6.47. The number of nitrogens with two attached hydrogens (primary N) is 1. The Hall–Kier alpha value is -4.01. The minimum absolute atomic E-state index is 0.00471. The number of carbonyl (C=O) groups excluding carboxylic acids is 5. The first kappa shape index (κ1) is 48.4. The number of esters is 1. The number of aromatic nitrogens is 1. The van der Waals surface area contributed by atoms with Gasteiger partial charge >= 0.3 is 12.1 Å². The number of aromatic amines is 1. The molecule has 3 amide bonds. The Kier molecular flexibility index (Phi) is 14.5. The summed E-state index contributed by atoms with van der Waals surface area (Å²) < 4.78 is 35.5. The smallest absolute Gasteiger partial charge is 0.405 e. The number of amides is 3. The van der Waals surface area contributed by atoms with E-state index in [1.807, 2.05) is 12.2 Å². The SMILES string of the molecule is C=C1CCC(OC2CC(O)(C(C)NC(=O)c3[nH]c(C)c(Cl)c3Cl)C(O)C(C)O2)C2C=CCC(/C(O)=C3\C(=O)C(C(C)C)N(C4OC(C)C(OC(N)=O)C(OC(C)=O)C4OC)C3=O)C12. The van der Waals surface area contributed by atoms with Crippen molar-refractivity contribution in [3.63, 3.8) is 0 Å². The maximum Gasteiger partial charge on any atom is 0.405 e. The van der Waals surface area contributed by atoms with Crippen molar-refractivity contribution in [2.24, 2.45) is 29.4 Å². The number of allylic oxidation sites excluding steroid dienone is 3. The second-order valence-electron chi connectivity index (χ2n) is 17.5. The Balaban J connectivity index is 1.25. The molecule has 1 aromatic rings. The molecule has 20 heteroatoms. The van der Waals surface area contributed by atoms with Crippen molar-refractivity contribution in [3.05, 3.63) is 57.1 Å². The first-order valence-corrected chi connectivity index (χ1v) is 21.8. The van der Waals surface area contributed by atoms with Gasteiger partial charge in [0.25, 0.3) is 11.8 Å². The van der Waals surface area contributed by atoms with Crippen molar-refractivity contribution in [2.75, 3.05) is 7.11 Å². The standard InChI is InChI=1S/C43H58Cl2N4O14/c1-16(2)32-34(52)28(40(55)49(32)41-37(58-9)36(61-22(8)50)35(19(5)60-41)63-42(46)56)33(51)24-12-10-11-23-25(14-13-17(3)27(23)24)62-26-15-43(57,38(53)20(6)59-26)21(7)48-39(54)31-30(45)29(44)18(4)47-31/h10-11,16,19-21,23-27,32,35-38,41,47,51,53,57H,3,12-15H2,1-2,4-9H3,(H2,46,56)(H,48,54)/b33-28-. The maximum atomic E-state index is 14.7. The fourth-order valence-electron chi connectivity index (χ4n) is 9.98. The average molecular weight is 926 g/mol. The van der Waals surface area contributed by atoms with Gasteiger partial charge < -0.3 is 59.8 Å². The van der Waals surface area contributed by atoms with Crippen LogP contribution in [-0.2, 0) is 42.8 Å². The summed E-state index contributed by atoms with van der Waals surface area (Å²) in [5, 5.41) is 38.4. The number of carbonyl (C=O) groups is 5. The van der Waals surface area contributed by atoms with Gasteiger partial charge in [-0.3, -0.25) is 24.1 Å². The molecular weight excluding hydrogens is 867 g/mol. The number of aryl methyl sites for hydroxylation is 1. The van der Waals surface area contributed by atoms with Crippen LogP contribution >= 0.6 is 23.2 Å². The lowest BCUT2D eigenvalue weighted by Gasteiger charge is -2.49. The molecule has 6 rings (SSSR count). The van der Waals surface area contributed by atoms with Crippen LogP contribution in [0.2, 0.25) is 10.0 Å². The highest BCUT2D eigenvalue weighted by atomic mass is 35.5. The number of nitrogens with zero attached hydrogens (tertiary/aromatic N) is 1. The minimum Gasteiger partial charge on any atom is -0.511 e. The summed E-state index contributed by atoms with van der Waals surface area (Å²) in [5.41, 5.74) is 4.24. The highest BCUT2D eigenvalue weighted by Gasteiger charge is 2.59. The number of nitrogens with one attached hydrogen (secondary N) is 2. The molecule has 3 aliphatic heterocycles. The lowest BCUT2D eigenvalue weighted by Crippen LogP contribution is -2.66. The predicted octanol–water partition coefficient (Wildman–Crippen LogP) is 3.92. The fourth-order valence-corrected chi connectivity index (χ4v) is 10.4. The molecule has 15 unspecified atom stereocenters. The number of methoxy groups -OCH3 is 1. The van der Waals surface area contributed by atoms with Gasteiger partial charge in [0.15, 0.2) is 30.5 Å². The summed E-state index contributed by atoms with van der Waals surface area (Å²) in [5.74, 6) is -5.47. The predicted molar refractivity (Wildman–Crippen MR) is 225 cm³/mol. The molecular formula is C43H58Cl2N4O14. The van der Waals surface area contributed by atoms with E-state index >= 15 is 0 Å². The Morgan fingerprint density at radius 2 is 1.76 bits per heavy atom. The molecule has 0 spiro atoms. The lowest BCUT2D eigenvalue weighted by atomic mass is 9.64. The van der Waals surface area contributed by atoms with Crippen LogP contribution in [0.3, 0.4) is 0 Å². The molecule has 0 radical (unpaired) electrons. The van der Waals surface area contributed by atoms with E-state index in [1.54, 1.807) is 34.6 Å². The quantitative estimate of drug-likeness (QED) is 0.0605. The Morgan fingerprint density at radius 1 is 1.08 bits per heavy atom. The van der Waals surface area contributed by atoms with Crippen molar-refractivity contribution < 1.29 is 67.7 Å². The molecule has 1 aromatic heterocycles. The molecule has 4 heterocycles. The Morgan fingerprint density at radius 3 is 2.35 bits per heavy atom. The topological polar surface area (TPSA) is 258 Å². The number of fused-ring (bicyclic) bond motifs is 1. The summed E-state index contributed by atoms with van der Waals surface area (Å²) >= 11 is 12.4. The van der Waals surface area contributed by atoms with Gasteiger partial charge in [0, 0.05) is 38.0 Å². The molecule has 63 heavy (non-hydrogen) atoms. The van der Waals surface area contributed by atoms with E-state index < -0.39 is 138 Å². The number of ketones is 1. The van der Waals surface area contributed by atoms with E-state index in [9.17, 15) is 39.3 Å². The third-order valence-corrected chi connectivity index (χ3v) is 14.1. The molecule has 7 N–H and O–H groups in total. The van der Waals surface area contributed by atoms with Crippen LogP contribution in [0.1, 0.15) is 83.4 Å². The first-order valence-electron chi connectivity index (χ1n) is 21.0. The van der Waals surface area contributed by atoms with E-state index in [0.717, 1.165) is 12.5 Å². The molecule has 0 bridgehead atoms. The molecule has 2 aliphatic carbocycles. The maximum absolute atomic E-state index is 14.7.